The number of likely N-dealkylation sites (N-methyl/N-ethyl adjacent to an activating group) is 1. The molecular weight excluding hydrogens is 407 g/mol. The Balaban J connectivity index is 1.84. The van der Waals surface area contributed by atoms with Gasteiger partial charge in [-0.2, -0.15) is 0 Å². The molecule has 1 aromatic heterocycles. The summed E-state index contributed by atoms with van der Waals surface area (Å²) in [5.74, 6) is -1.45. The number of aromatic hydroxyl groups is 1. The molecule has 7 nitrogen and oxygen atoms in total. The number of hydrogen-bond donors (Lipinski definition) is 1. The number of nitrogens with zero attached hydrogens (tertiary/aromatic N) is 2. The topological polar surface area (TPSA) is 84.9 Å². The van der Waals surface area contributed by atoms with Gasteiger partial charge in [-0.15, -0.1) is 0 Å². The lowest BCUT2D eigenvalue weighted by atomic mass is 10.1. The van der Waals surface area contributed by atoms with Crippen molar-refractivity contribution in [1.29, 1.82) is 0 Å². The Labute approximate surface area is 170 Å². The van der Waals surface area contributed by atoms with Crippen molar-refractivity contribution < 1.29 is 19.1 Å². The van der Waals surface area contributed by atoms with E-state index in [1.807, 2.05) is 19.0 Å². The summed E-state index contributed by atoms with van der Waals surface area (Å²) in [6, 6.07) is 7.54. The number of halogens is 2. The van der Waals surface area contributed by atoms with Gasteiger partial charge in [-0.3, -0.25) is 4.57 Å². The van der Waals surface area contributed by atoms with Crippen LogP contribution in [0, 0.1) is 0 Å². The van der Waals surface area contributed by atoms with Crippen LogP contribution in [0.15, 0.2) is 39.5 Å². The van der Waals surface area contributed by atoms with E-state index in [4.69, 9.17) is 32.4 Å². The van der Waals surface area contributed by atoms with E-state index in [2.05, 4.69) is 0 Å². The maximum absolute atomic E-state index is 12.2. The van der Waals surface area contributed by atoms with Crippen LogP contribution in [0.25, 0.3) is 11.1 Å². The van der Waals surface area contributed by atoms with Crippen LogP contribution < -0.4 is 5.76 Å². The molecule has 0 unspecified atom stereocenters. The first-order valence-corrected chi connectivity index (χ1v) is 9.14. The van der Waals surface area contributed by atoms with E-state index >= 15 is 0 Å². The number of hydrogen-bond acceptors (Lipinski definition) is 6. The van der Waals surface area contributed by atoms with Gasteiger partial charge in [0.05, 0.1) is 17.1 Å². The molecule has 0 saturated heterocycles. The Kier molecular flexibility index (Phi) is 5.98. The van der Waals surface area contributed by atoms with Gasteiger partial charge in [-0.1, -0.05) is 29.3 Å². The summed E-state index contributed by atoms with van der Waals surface area (Å²) in [5.41, 5.74) is 1.32. The van der Waals surface area contributed by atoms with Crippen molar-refractivity contribution in [2.75, 3.05) is 27.2 Å². The molecule has 0 aliphatic carbocycles. The molecule has 1 heterocycles. The number of oxazole rings is 1. The monoisotopic (exact) mass is 424 g/mol. The number of ether oxygens (including phenoxy) is 1. The van der Waals surface area contributed by atoms with Crippen LogP contribution in [-0.2, 0) is 11.3 Å². The molecule has 28 heavy (non-hydrogen) atoms. The van der Waals surface area contributed by atoms with Gasteiger partial charge in [0, 0.05) is 11.6 Å². The number of rotatable bonds is 6. The third-order valence-corrected chi connectivity index (χ3v) is 4.58. The minimum Gasteiger partial charge on any atom is -0.507 e. The van der Waals surface area contributed by atoms with Crippen LogP contribution in [0.5, 0.6) is 5.75 Å². The minimum absolute atomic E-state index is 0.0537. The van der Waals surface area contributed by atoms with Crippen LogP contribution in [0.4, 0.5) is 0 Å². The molecule has 0 atom stereocenters. The smallest absolute Gasteiger partial charge is 0.420 e. The van der Waals surface area contributed by atoms with Crippen LogP contribution in [-0.4, -0.2) is 47.8 Å². The second-order valence-corrected chi connectivity index (χ2v) is 7.32. The summed E-state index contributed by atoms with van der Waals surface area (Å²) < 4.78 is 11.7. The van der Waals surface area contributed by atoms with Gasteiger partial charge in [0.1, 0.15) is 17.9 Å². The highest BCUT2D eigenvalue weighted by atomic mass is 35.5. The average molecular weight is 425 g/mol. The molecule has 3 aromatic rings. The van der Waals surface area contributed by atoms with Gasteiger partial charge in [-0.25, -0.2) is 9.59 Å². The molecule has 148 valence electrons. The summed E-state index contributed by atoms with van der Waals surface area (Å²) in [5, 5.41) is 10.8. The Morgan fingerprint density at radius 1 is 1.25 bits per heavy atom. The Morgan fingerprint density at radius 3 is 2.68 bits per heavy atom. The third kappa shape index (κ3) is 4.32. The summed E-state index contributed by atoms with van der Waals surface area (Å²) in [6.45, 7) is 0.892. The van der Waals surface area contributed by atoms with Crippen molar-refractivity contribution in [1.82, 2.24) is 9.47 Å². The second-order valence-electron chi connectivity index (χ2n) is 6.48. The SMILES string of the molecule is CN(C)CCOC(=O)c1ccc(Cn2c(=O)oc3c(Cl)cc(Cl)cc32)cc1O. The van der Waals surface area contributed by atoms with Crippen molar-refractivity contribution in [3.05, 3.63) is 62.1 Å². The molecule has 0 aliphatic heterocycles. The zero-order chi connectivity index (χ0) is 20.4. The molecule has 0 radical (unpaired) electrons. The molecule has 2 aromatic carbocycles. The molecule has 3 rings (SSSR count). The van der Waals surface area contributed by atoms with Crippen LogP contribution >= 0.6 is 23.2 Å². The molecule has 0 spiro atoms. The Bertz CT molecular complexity index is 1090. The molecule has 0 amide bonds. The molecule has 0 bridgehead atoms. The molecular formula is C19H18Cl2N2O5. The summed E-state index contributed by atoms with van der Waals surface area (Å²) in [6.07, 6.45) is 0. The van der Waals surface area contributed by atoms with E-state index in [-0.39, 0.29) is 35.1 Å². The first kappa shape index (κ1) is 20.3. The molecule has 0 fully saturated rings. The number of carbonyl (C=O) groups excluding carboxylic acids is 1. The highest BCUT2D eigenvalue weighted by Gasteiger charge is 2.16. The first-order chi connectivity index (χ1) is 13.3. The summed E-state index contributed by atoms with van der Waals surface area (Å²) in [4.78, 5) is 26.1. The largest absolute Gasteiger partial charge is 0.507 e. The second kappa shape index (κ2) is 8.26. The van der Waals surface area contributed by atoms with Crippen LogP contribution in [0.3, 0.4) is 0 Å². The first-order valence-electron chi connectivity index (χ1n) is 8.38. The van der Waals surface area contributed by atoms with Crippen molar-refractivity contribution in [2.24, 2.45) is 0 Å². The lowest BCUT2D eigenvalue weighted by molar-refractivity contribution is 0.0478. The van der Waals surface area contributed by atoms with Crippen molar-refractivity contribution >= 4 is 40.3 Å². The van der Waals surface area contributed by atoms with Crippen molar-refractivity contribution in [2.45, 2.75) is 6.54 Å². The van der Waals surface area contributed by atoms with Crippen molar-refractivity contribution in [3.63, 3.8) is 0 Å². The number of fused-ring (bicyclic) bond motifs is 1. The number of benzene rings is 2. The number of aromatic nitrogens is 1. The molecule has 9 heteroatoms. The van der Waals surface area contributed by atoms with E-state index in [1.54, 1.807) is 12.1 Å². The fourth-order valence-corrected chi connectivity index (χ4v) is 3.19. The third-order valence-electron chi connectivity index (χ3n) is 4.08. The van der Waals surface area contributed by atoms with Gasteiger partial charge in [0.15, 0.2) is 5.58 Å². The average Bonchev–Trinajstić information content (AvgIpc) is 2.91. The normalized spacial score (nSPS) is 11.3. The fourth-order valence-electron chi connectivity index (χ4n) is 2.67. The lowest BCUT2D eigenvalue weighted by Crippen LogP contribution is -2.20. The highest BCUT2D eigenvalue weighted by Crippen LogP contribution is 2.28. The molecule has 0 saturated carbocycles. The van der Waals surface area contributed by atoms with Gasteiger partial charge >= 0.3 is 11.7 Å². The molecule has 0 aliphatic rings. The predicted molar refractivity (Wildman–Crippen MR) is 107 cm³/mol. The minimum atomic E-state index is -0.615. The van der Waals surface area contributed by atoms with Crippen molar-refractivity contribution in [3.8, 4) is 5.75 Å². The quantitative estimate of drug-likeness (QED) is 0.610. The van der Waals surface area contributed by atoms with Gasteiger partial charge in [-0.05, 0) is 43.9 Å². The maximum Gasteiger partial charge on any atom is 0.420 e. The summed E-state index contributed by atoms with van der Waals surface area (Å²) in [7, 11) is 3.73. The van der Waals surface area contributed by atoms with E-state index in [0.717, 1.165) is 0 Å². The predicted octanol–water partition coefficient (Wildman–Crippen LogP) is 3.37. The Hall–Kier alpha value is -2.48. The van der Waals surface area contributed by atoms with E-state index in [1.165, 1.54) is 22.8 Å². The molecule has 1 N–H and O–H groups in total. The van der Waals surface area contributed by atoms with Gasteiger partial charge in [0.2, 0.25) is 0 Å². The number of phenols is 1. The fraction of sp³-hybridized carbons (Fsp3) is 0.263. The zero-order valence-electron chi connectivity index (χ0n) is 15.2. The number of carbonyl (C=O) groups is 1. The van der Waals surface area contributed by atoms with Gasteiger partial charge < -0.3 is 19.2 Å². The van der Waals surface area contributed by atoms with E-state index < -0.39 is 11.7 Å². The number of esters is 1. The number of phenolic OH excluding ortho intramolecular Hbond substituents is 1. The van der Waals surface area contributed by atoms with E-state index in [9.17, 15) is 14.7 Å². The van der Waals surface area contributed by atoms with Crippen LogP contribution in [0.1, 0.15) is 15.9 Å². The van der Waals surface area contributed by atoms with E-state index in [0.29, 0.717) is 22.6 Å². The maximum atomic E-state index is 12.2. The zero-order valence-corrected chi connectivity index (χ0v) is 16.8. The Morgan fingerprint density at radius 2 is 2.00 bits per heavy atom. The van der Waals surface area contributed by atoms with Crippen LogP contribution in [0.2, 0.25) is 10.0 Å². The lowest BCUT2D eigenvalue weighted by Gasteiger charge is -2.11. The highest BCUT2D eigenvalue weighted by molar-refractivity contribution is 6.37. The van der Waals surface area contributed by atoms with Gasteiger partial charge in [0.25, 0.3) is 0 Å². The summed E-state index contributed by atoms with van der Waals surface area (Å²) >= 11 is 12.1. The standard InChI is InChI=1S/C19H18Cl2N2O5/c1-22(2)5-6-27-18(25)13-4-3-11(7-16(13)24)10-23-15-9-12(20)8-14(21)17(15)28-19(23)26/h3-4,7-9,24H,5-6,10H2,1-2H3.